The number of rotatable bonds is 5. The molecule has 2 aromatic rings. The molecule has 6 nitrogen and oxygen atoms in total. The van der Waals surface area contributed by atoms with E-state index in [-0.39, 0.29) is 0 Å². The van der Waals surface area contributed by atoms with Crippen LogP contribution in [-0.4, -0.2) is 35.4 Å². The van der Waals surface area contributed by atoms with Crippen molar-refractivity contribution in [2.45, 2.75) is 52.4 Å². The van der Waals surface area contributed by atoms with Crippen LogP contribution in [0.1, 0.15) is 39.1 Å². The molecule has 0 N–H and O–H groups in total. The van der Waals surface area contributed by atoms with Crippen molar-refractivity contribution in [3.8, 4) is 11.5 Å². The number of hydrogen-bond acceptors (Lipinski definition) is 6. The van der Waals surface area contributed by atoms with Crippen LogP contribution in [-0.2, 0) is 15.9 Å². The third kappa shape index (κ3) is 3.84. The zero-order valence-electron chi connectivity index (χ0n) is 16.2. The molecule has 0 amide bonds. The van der Waals surface area contributed by atoms with Gasteiger partial charge in [-0.2, -0.15) is 0 Å². The summed E-state index contributed by atoms with van der Waals surface area (Å²) in [5.74, 6) is 1.40. The lowest BCUT2D eigenvalue weighted by Crippen LogP contribution is -2.41. The predicted octanol–water partition coefficient (Wildman–Crippen LogP) is 2.67. The Kier molecular flexibility index (Phi) is 4.95. The second kappa shape index (κ2) is 6.89. The van der Waals surface area contributed by atoms with Crippen LogP contribution < -0.4 is 14.9 Å². The van der Waals surface area contributed by atoms with Crippen LogP contribution in [0.15, 0.2) is 30.6 Å². The van der Waals surface area contributed by atoms with E-state index >= 15 is 0 Å². The predicted molar refractivity (Wildman–Crippen MR) is 99.8 cm³/mol. The smallest absolute Gasteiger partial charge is 0.496 e. The Balaban J connectivity index is 1.72. The van der Waals surface area contributed by atoms with Crippen LogP contribution in [0, 0.1) is 6.92 Å². The molecule has 2 aromatic heterocycles. The number of methoxy groups -OCH3 is 1. The van der Waals surface area contributed by atoms with Crippen molar-refractivity contribution in [2.24, 2.45) is 0 Å². The Hall–Kier alpha value is -2.12. The average molecular weight is 356 g/mol. The maximum absolute atomic E-state index is 6.07. The number of ether oxygens (including phenoxy) is 2. The summed E-state index contributed by atoms with van der Waals surface area (Å²) in [5.41, 5.74) is 1.72. The summed E-state index contributed by atoms with van der Waals surface area (Å²) >= 11 is 0. The molecule has 0 unspecified atom stereocenters. The highest BCUT2D eigenvalue weighted by Crippen LogP contribution is 2.36. The molecule has 7 heteroatoms. The Bertz CT molecular complexity index is 779. The molecule has 3 heterocycles. The zero-order chi connectivity index (χ0) is 18.9. The van der Waals surface area contributed by atoms with Gasteiger partial charge >= 0.3 is 7.12 Å². The van der Waals surface area contributed by atoms with Crippen LogP contribution in [0.25, 0.3) is 0 Å². The molecule has 138 valence electrons. The van der Waals surface area contributed by atoms with Crippen LogP contribution >= 0.6 is 0 Å². The summed E-state index contributed by atoms with van der Waals surface area (Å²) in [6.07, 6.45) is 3.41. The number of nitrogens with zero attached hydrogens (tertiary/aromatic N) is 2. The summed E-state index contributed by atoms with van der Waals surface area (Å²) in [4.78, 5) is 8.72. The van der Waals surface area contributed by atoms with Gasteiger partial charge in [-0.05, 0) is 40.7 Å². The molecule has 0 radical (unpaired) electrons. The van der Waals surface area contributed by atoms with Gasteiger partial charge in [0, 0.05) is 29.5 Å². The number of aryl methyl sites for hydroxylation is 1. The molecule has 0 aliphatic carbocycles. The third-order valence-corrected chi connectivity index (χ3v) is 4.86. The first-order valence-corrected chi connectivity index (χ1v) is 8.65. The molecular formula is C19H25BN2O4. The lowest BCUT2D eigenvalue weighted by atomic mass is 9.80. The van der Waals surface area contributed by atoms with E-state index < -0.39 is 18.3 Å². The van der Waals surface area contributed by atoms with Crippen LogP contribution in [0.2, 0.25) is 0 Å². The van der Waals surface area contributed by atoms with Gasteiger partial charge < -0.3 is 18.8 Å². The maximum Gasteiger partial charge on any atom is 0.496 e. The fourth-order valence-corrected chi connectivity index (χ4v) is 2.67. The molecule has 0 bridgehead atoms. The Morgan fingerprint density at radius 3 is 2.35 bits per heavy atom. The molecule has 0 saturated carbocycles. The maximum atomic E-state index is 6.07. The average Bonchev–Trinajstić information content (AvgIpc) is 2.80. The van der Waals surface area contributed by atoms with Crippen molar-refractivity contribution in [2.75, 3.05) is 7.11 Å². The normalized spacial score (nSPS) is 18.0. The highest BCUT2D eigenvalue weighted by molar-refractivity contribution is 6.62. The van der Waals surface area contributed by atoms with E-state index in [1.165, 1.54) is 0 Å². The number of pyridine rings is 2. The van der Waals surface area contributed by atoms with E-state index in [4.69, 9.17) is 18.8 Å². The first kappa shape index (κ1) is 18.7. The van der Waals surface area contributed by atoms with E-state index in [2.05, 4.69) is 9.97 Å². The monoisotopic (exact) mass is 356 g/mol. The topological polar surface area (TPSA) is 62.7 Å². The van der Waals surface area contributed by atoms with E-state index in [0.717, 1.165) is 22.6 Å². The molecule has 0 spiro atoms. The molecule has 3 rings (SSSR count). The van der Waals surface area contributed by atoms with Crippen molar-refractivity contribution >= 4 is 12.6 Å². The number of hydrogen-bond donors (Lipinski definition) is 0. The van der Waals surface area contributed by atoms with Crippen molar-refractivity contribution < 1.29 is 18.8 Å². The minimum Gasteiger partial charge on any atom is -0.497 e. The minimum absolute atomic E-state index is 0.326. The summed E-state index contributed by atoms with van der Waals surface area (Å²) in [6.45, 7) is 10.4. The van der Waals surface area contributed by atoms with Gasteiger partial charge in [0.2, 0.25) is 0 Å². The van der Waals surface area contributed by atoms with Gasteiger partial charge in [0.1, 0.15) is 18.1 Å². The summed E-state index contributed by atoms with van der Waals surface area (Å²) < 4.78 is 23.3. The molecule has 0 aromatic carbocycles. The van der Waals surface area contributed by atoms with Crippen molar-refractivity contribution in [1.29, 1.82) is 0 Å². The molecule has 1 fully saturated rings. The Morgan fingerprint density at radius 2 is 1.69 bits per heavy atom. The highest BCUT2D eigenvalue weighted by atomic mass is 16.7. The van der Waals surface area contributed by atoms with Gasteiger partial charge in [-0.15, -0.1) is 0 Å². The first-order chi connectivity index (χ1) is 12.2. The summed E-state index contributed by atoms with van der Waals surface area (Å²) in [5, 5.41) is 0. The van der Waals surface area contributed by atoms with Gasteiger partial charge in [0.25, 0.3) is 0 Å². The molecule has 1 aliphatic heterocycles. The lowest BCUT2D eigenvalue weighted by Gasteiger charge is -2.32. The lowest BCUT2D eigenvalue weighted by molar-refractivity contribution is 0.00578. The SMILES string of the molecule is COc1cc(C)nc(COc2cncc(B3OC(C)(C)C(C)(C)O3)c2)c1. The van der Waals surface area contributed by atoms with Crippen molar-refractivity contribution in [3.63, 3.8) is 0 Å². The molecular weight excluding hydrogens is 331 g/mol. The van der Waals surface area contributed by atoms with Gasteiger partial charge in [0.05, 0.1) is 30.2 Å². The van der Waals surface area contributed by atoms with E-state index in [1.807, 2.05) is 52.8 Å². The van der Waals surface area contributed by atoms with Gasteiger partial charge in [0.15, 0.2) is 0 Å². The largest absolute Gasteiger partial charge is 0.497 e. The Morgan fingerprint density at radius 1 is 1.00 bits per heavy atom. The molecule has 26 heavy (non-hydrogen) atoms. The highest BCUT2D eigenvalue weighted by Gasteiger charge is 2.51. The fraction of sp³-hybridized carbons (Fsp3) is 0.474. The Labute approximate surface area is 155 Å². The third-order valence-electron chi connectivity index (χ3n) is 4.86. The molecule has 1 saturated heterocycles. The minimum atomic E-state index is -0.465. The van der Waals surface area contributed by atoms with E-state index in [0.29, 0.717) is 12.4 Å². The second-order valence-corrected chi connectivity index (χ2v) is 7.47. The molecule has 1 aliphatic rings. The van der Waals surface area contributed by atoms with E-state index in [1.54, 1.807) is 19.5 Å². The quantitative estimate of drug-likeness (QED) is 0.768. The first-order valence-electron chi connectivity index (χ1n) is 8.65. The van der Waals surface area contributed by atoms with Crippen LogP contribution in [0.4, 0.5) is 0 Å². The second-order valence-electron chi connectivity index (χ2n) is 7.47. The number of aromatic nitrogens is 2. The summed E-state index contributed by atoms with van der Waals surface area (Å²) in [6, 6.07) is 5.63. The van der Waals surface area contributed by atoms with Crippen LogP contribution in [0.5, 0.6) is 11.5 Å². The van der Waals surface area contributed by atoms with Crippen molar-refractivity contribution in [3.05, 3.63) is 42.0 Å². The van der Waals surface area contributed by atoms with E-state index in [9.17, 15) is 0 Å². The van der Waals surface area contributed by atoms with Gasteiger partial charge in [-0.1, -0.05) is 0 Å². The molecule has 0 atom stereocenters. The zero-order valence-corrected chi connectivity index (χ0v) is 16.2. The van der Waals surface area contributed by atoms with Crippen LogP contribution in [0.3, 0.4) is 0 Å². The van der Waals surface area contributed by atoms with Crippen molar-refractivity contribution in [1.82, 2.24) is 9.97 Å². The fourth-order valence-electron chi connectivity index (χ4n) is 2.67. The summed E-state index contributed by atoms with van der Waals surface area (Å²) in [7, 11) is 1.17. The van der Waals surface area contributed by atoms with Gasteiger partial charge in [-0.25, -0.2) is 0 Å². The standard InChI is InChI=1S/C19H25BN2O4/c1-13-7-16(23-6)9-15(22-13)12-24-17-8-14(10-21-11-17)20-25-18(2,3)19(4,5)26-20/h7-11H,12H2,1-6H3. The van der Waals surface area contributed by atoms with Gasteiger partial charge in [-0.3, -0.25) is 9.97 Å².